The number of hydrogen-bond donors (Lipinski definition) is 2. The molecular formula is C21H23N3O4. The van der Waals surface area contributed by atoms with Crippen molar-refractivity contribution in [1.29, 1.82) is 0 Å². The van der Waals surface area contributed by atoms with Gasteiger partial charge in [-0.3, -0.25) is 14.5 Å². The Morgan fingerprint density at radius 3 is 2.43 bits per heavy atom. The van der Waals surface area contributed by atoms with Crippen LogP contribution in [0.25, 0.3) is 0 Å². The zero-order valence-corrected chi connectivity index (χ0v) is 15.9. The minimum absolute atomic E-state index is 0.314. The molecule has 0 radical (unpaired) electrons. The van der Waals surface area contributed by atoms with Crippen LogP contribution in [0.4, 0.5) is 4.79 Å². The van der Waals surface area contributed by atoms with E-state index in [2.05, 4.69) is 10.6 Å². The van der Waals surface area contributed by atoms with Crippen LogP contribution >= 0.6 is 0 Å². The lowest BCUT2D eigenvalue weighted by Crippen LogP contribution is -2.43. The molecule has 146 valence electrons. The van der Waals surface area contributed by atoms with Crippen molar-refractivity contribution in [3.63, 3.8) is 0 Å². The molecule has 2 N–H and O–H groups in total. The molecule has 1 aliphatic rings. The largest absolute Gasteiger partial charge is 0.497 e. The first-order valence-electron chi connectivity index (χ1n) is 9.03. The van der Waals surface area contributed by atoms with Crippen LogP contribution in [0.2, 0.25) is 0 Å². The van der Waals surface area contributed by atoms with E-state index in [0.717, 1.165) is 10.5 Å². The molecule has 2 aromatic carbocycles. The summed E-state index contributed by atoms with van der Waals surface area (Å²) in [5, 5.41) is 5.44. The van der Waals surface area contributed by atoms with Crippen molar-refractivity contribution in [2.45, 2.75) is 18.9 Å². The Morgan fingerprint density at radius 1 is 1.11 bits per heavy atom. The highest BCUT2D eigenvalue weighted by atomic mass is 16.5. The van der Waals surface area contributed by atoms with E-state index in [1.165, 1.54) is 0 Å². The van der Waals surface area contributed by atoms with Crippen LogP contribution < -0.4 is 15.4 Å². The standard InChI is InChI=1S/C21H23N3O4/c1-21(16-8-10-17(28-2)11-9-16)19(26)24(20(27)23-21)14-18(25)22-13-12-15-6-4-3-5-7-15/h3-11H,12-14H2,1-2H3,(H,22,25)(H,23,27)/t21-/m0/s1. The van der Waals surface area contributed by atoms with Crippen molar-refractivity contribution >= 4 is 17.8 Å². The summed E-state index contributed by atoms with van der Waals surface area (Å²) in [5.41, 5.74) is 0.511. The number of nitrogens with one attached hydrogen (secondary N) is 2. The molecule has 1 aliphatic heterocycles. The second kappa shape index (κ2) is 8.12. The molecule has 3 rings (SSSR count). The molecule has 1 saturated heterocycles. The minimum Gasteiger partial charge on any atom is -0.497 e. The number of hydrogen-bond acceptors (Lipinski definition) is 4. The third-order valence-corrected chi connectivity index (χ3v) is 4.82. The summed E-state index contributed by atoms with van der Waals surface area (Å²) in [5.74, 6) is -0.182. The van der Waals surface area contributed by atoms with E-state index in [9.17, 15) is 14.4 Å². The Bertz CT molecular complexity index is 867. The van der Waals surface area contributed by atoms with Gasteiger partial charge in [-0.25, -0.2) is 4.79 Å². The van der Waals surface area contributed by atoms with Crippen LogP contribution in [0.3, 0.4) is 0 Å². The molecule has 1 atom stereocenters. The number of carbonyl (C=O) groups is 3. The molecule has 0 saturated carbocycles. The third-order valence-electron chi connectivity index (χ3n) is 4.82. The van der Waals surface area contributed by atoms with Crippen LogP contribution in [0, 0.1) is 0 Å². The third kappa shape index (κ3) is 3.98. The molecule has 7 nitrogen and oxygen atoms in total. The van der Waals surface area contributed by atoms with Gasteiger partial charge in [0.2, 0.25) is 5.91 Å². The number of carbonyl (C=O) groups excluding carboxylic acids is 3. The SMILES string of the molecule is COc1ccc([C@]2(C)NC(=O)N(CC(=O)NCCc3ccccc3)C2=O)cc1. The Hall–Kier alpha value is -3.35. The predicted molar refractivity (Wildman–Crippen MR) is 104 cm³/mol. The number of imide groups is 1. The van der Waals surface area contributed by atoms with E-state index >= 15 is 0 Å². The van der Waals surface area contributed by atoms with Gasteiger partial charge in [-0.2, -0.15) is 0 Å². The van der Waals surface area contributed by atoms with E-state index < -0.39 is 17.5 Å². The van der Waals surface area contributed by atoms with Crippen molar-refractivity contribution in [1.82, 2.24) is 15.5 Å². The number of benzene rings is 2. The summed E-state index contributed by atoms with van der Waals surface area (Å²) >= 11 is 0. The molecule has 4 amide bonds. The topological polar surface area (TPSA) is 87.7 Å². The van der Waals surface area contributed by atoms with Gasteiger partial charge < -0.3 is 15.4 Å². The predicted octanol–water partition coefficient (Wildman–Crippen LogP) is 1.82. The minimum atomic E-state index is -1.21. The Labute approximate surface area is 163 Å². The van der Waals surface area contributed by atoms with Crippen LogP contribution in [0.5, 0.6) is 5.75 Å². The summed E-state index contributed by atoms with van der Waals surface area (Å²) in [6.07, 6.45) is 0.677. The zero-order chi connectivity index (χ0) is 20.1. The van der Waals surface area contributed by atoms with Gasteiger partial charge in [0, 0.05) is 6.54 Å². The fourth-order valence-corrected chi connectivity index (χ4v) is 3.15. The summed E-state index contributed by atoms with van der Waals surface area (Å²) in [6.45, 7) is 1.75. The van der Waals surface area contributed by atoms with Crippen molar-refractivity contribution in [2.75, 3.05) is 20.2 Å². The van der Waals surface area contributed by atoms with Gasteiger partial charge in [0.25, 0.3) is 5.91 Å². The molecule has 0 aromatic heterocycles. The normalized spacial score (nSPS) is 18.7. The first-order valence-corrected chi connectivity index (χ1v) is 9.03. The first kappa shape index (κ1) is 19.4. The molecule has 1 heterocycles. The maximum atomic E-state index is 12.9. The van der Waals surface area contributed by atoms with Crippen LogP contribution in [-0.4, -0.2) is 42.9 Å². The quantitative estimate of drug-likeness (QED) is 0.716. The smallest absolute Gasteiger partial charge is 0.325 e. The molecule has 7 heteroatoms. The van der Waals surface area contributed by atoms with Gasteiger partial charge in [0.05, 0.1) is 7.11 Å². The molecule has 2 aromatic rings. The summed E-state index contributed by atoms with van der Waals surface area (Å²) in [4.78, 5) is 38.3. The van der Waals surface area contributed by atoms with E-state index in [1.54, 1.807) is 38.3 Å². The van der Waals surface area contributed by atoms with Gasteiger partial charge in [0.15, 0.2) is 0 Å². The summed E-state index contributed by atoms with van der Waals surface area (Å²) < 4.78 is 5.12. The molecule has 0 aliphatic carbocycles. The van der Waals surface area contributed by atoms with E-state index in [1.807, 2.05) is 30.3 Å². The maximum Gasteiger partial charge on any atom is 0.325 e. The molecule has 28 heavy (non-hydrogen) atoms. The first-order chi connectivity index (χ1) is 13.4. The zero-order valence-electron chi connectivity index (χ0n) is 15.9. The Balaban J connectivity index is 1.60. The van der Waals surface area contributed by atoms with E-state index in [-0.39, 0.29) is 12.5 Å². The number of methoxy groups -OCH3 is 1. The van der Waals surface area contributed by atoms with Gasteiger partial charge in [-0.1, -0.05) is 42.5 Å². The van der Waals surface area contributed by atoms with Crippen molar-refractivity contribution in [3.8, 4) is 5.75 Å². The molecular weight excluding hydrogens is 358 g/mol. The second-order valence-electron chi connectivity index (χ2n) is 6.76. The highest BCUT2D eigenvalue weighted by molar-refractivity contribution is 6.09. The second-order valence-corrected chi connectivity index (χ2v) is 6.76. The lowest BCUT2D eigenvalue weighted by molar-refractivity contribution is -0.134. The Morgan fingerprint density at radius 2 is 1.79 bits per heavy atom. The van der Waals surface area contributed by atoms with E-state index in [4.69, 9.17) is 4.74 Å². The van der Waals surface area contributed by atoms with Crippen LogP contribution in [-0.2, 0) is 21.5 Å². The average molecular weight is 381 g/mol. The highest BCUT2D eigenvalue weighted by Crippen LogP contribution is 2.29. The summed E-state index contributed by atoms with van der Waals surface area (Å²) in [6, 6.07) is 16.1. The van der Waals surface area contributed by atoms with Gasteiger partial charge in [-0.15, -0.1) is 0 Å². The Kier molecular flexibility index (Phi) is 5.63. The van der Waals surface area contributed by atoms with Gasteiger partial charge in [0.1, 0.15) is 17.8 Å². The number of rotatable bonds is 7. The maximum absolute atomic E-state index is 12.9. The number of urea groups is 1. The van der Waals surface area contributed by atoms with Gasteiger partial charge >= 0.3 is 6.03 Å². The van der Waals surface area contributed by atoms with E-state index in [0.29, 0.717) is 24.3 Å². The number of ether oxygens (including phenoxy) is 1. The monoisotopic (exact) mass is 381 g/mol. The highest BCUT2D eigenvalue weighted by Gasteiger charge is 2.49. The number of amides is 4. The fraction of sp³-hybridized carbons (Fsp3) is 0.286. The lowest BCUT2D eigenvalue weighted by atomic mass is 9.92. The molecule has 1 fully saturated rings. The molecule has 0 spiro atoms. The fourth-order valence-electron chi connectivity index (χ4n) is 3.15. The lowest BCUT2D eigenvalue weighted by Gasteiger charge is -2.22. The molecule has 0 bridgehead atoms. The average Bonchev–Trinajstić information content (AvgIpc) is 2.93. The van der Waals surface area contributed by atoms with Gasteiger partial charge in [-0.05, 0) is 36.6 Å². The van der Waals surface area contributed by atoms with Crippen molar-refractivity contribution < 1.29 is 19.1 Å². The summed E-state index contributed by atoms with van der Waals surface area (Å²) in [7, 11) is 1.55. The van der Waals surface area contributed by atoms with Crippen molar-refractivity contribution in [2.24, 2.45) is 0 Å². The number of nitrogens with zero attached hydrogens (tertiary/aromatic N) is 1. The van der Waals surface area contributed by atoms with Crippen LogP contribution in [0.15, 0.2) is 54.6 Å². The van der Waals surface area contributed by atoms with Crippen LogP contribution in [0.1, 0.15) is 18.1 Å². The molecule has 0 unspecified atom stereocenters. The van der Waals surface area contributed by atoms with Crippen molar-refractivity contribution in [3.05, 3.63) is 65.7 Å².